The number of hydrazone groups is 1. The molecule has 1 aliphatic heterocycles. The van der Waals surface area contributed by atoms with Crippen molar-refractivity contribution in [2.45, 2.75) is 52.5 Å². The summed E-state index contributed by atoms with van der Waals surface area (Å²) in [5.74, 6) is -1.50. The molecule has 1 aliphatic rings. The van der Waals surface area contributed by atoms with Gasteiger partial charge in [-0.05, 0) is 18.3 Å². The normalized spacial score (nSPS) is 16.9. The molecular formula is C13H21N3O4. The number of hydrogen-bond acceptors (Lipinski definition) is 4. The molecule has 1 rings (SSSR count). The Morgan fingerprint density at radius 1 is 1.40 bits per heavy atom. The van der Waals surface area contributed by atoms with Gasteiger partial charge in [0.2, 0.25) is 11.8 Å². The topological polar surface area (TPSA) is 108 Å². The zero-order valence-corrected chi connectivity index (χ0v) is 12.0. The number of nitrogens with one attached hydrogen (secondary N) is 2. The Morgan fingerprint density at radius 2 is 2.05 bits per heavy atom. The van der Waals surface area contributed by atoms with Crippen LogP contribution in [-0.2, 0) is 14.4 Å². The van der Waals surface area contributed by atoms with Gasteiger partial charge in [0.25, 0.3) is 0 Å². The molecule has 2 amide bonds. The van der Waals surface area contributed by atoms with Crippen molar-refractivity contribution in [3.05, 3.63) is 0 Å². The summed E-state index contributed by atoms with van der Waals surface area (Å²) in [6, 6.07) is -0.928. The van der Waals surface area contributed by atoms with Crippen molar-refractivity contribution in [1.29, 1.82) is 0 Å². The van der Waals surface area contributed by atoms with Gasteiger partial charge in [-0.2, -0.15) is 5.10 Å². The van der Waals surface area contributed by atoms with Crippen molar-refractivity contribution in [2.75, 3.05) is 0 Å². The second-order valence-corrected chi connectivity index (χ2v) is 5.92. The SMILES string of the molecule is CC(C)(C)[C@H](NC(=O)CCC1=NNC(=O)CC1)C(=O)O. The largest absolute Gasteiger partial charge is 0.480 e. The van der Waals surface area contributed by atoms with Gasteiger partial charge in [0.1, 0.15) is 6.04 Å². The summed E-state index contributed by atoms with van der Waals surface area (Å²) in [5.41, 5.74) is 2.56. The molecular weight excluding hydrogens is 262 g/mol. The molecule has 1 heterocycles. The molecule has 0 aromatic carbocycles. The van der Waals surface area contributed by atoms with Crippen LogP contribution in [-0.4, -0.2) is 34.6 Å². The zero-order chi connectivity index (χ0) is 15.3. The Kier molecular flexibility index (Phi) is 5.24. The maximum atomic E-state index is 11.8. The Morgan fingerprint density at radius 3 is 2.50 bits per heavy atom. The van der Waals surface area contributed by atoms with Gasteiger partial charge >= 0.3 is 5.97 Å². The second-order valence-electron chi connectivity index (χ2n) is 5.92. The lowest BCUT2D eigenvalue weighted by atomic mass is 9.86. The van der Waals surface area contributed by atoms with Gasteiger partial charge in [-0.25, -0.2) is 10.2 Å². The maximum Gasteiger partial charge on any atom is 0.326 e. The van der Waals surface area contributed by atoms with Gasteiger partial charge in [-0.15, -0.1) is 0 Å². The monoisotopic (exact) mass is 283 g/mol. The number of rotatable bonds is 5. The standard InChI is InChI=1S/C13H21N3O4/c1-13(2,3)11(12(19)20)14-9(17)6-4-8-5-7-10(18)16-15-8/h11H,4-7H2,1-3H3,(H,14,17)(H,16,18)(H,19,20)/t11-/m1/s1. The first-order valence-corrected chi connectivity index (χ1v) is 6.56. The Balaban J connectivity index is 2.47. The first-order chi connectivity index (χ1) is 9.20. The molecule has 0 aromatic rings. The van der Waals surface area contributed by atoms with Gasteiger partial charge < -0.3 is 10.4 Å². The van der Waals surface area contributed by atoms with E-state index in [-0.39, 0.29) is 18.2 Å². The van der Waals surface area contributed by atoms with E-state index in [1.165, 1.54) is 0 Å². The minimum absolute atomic E-state index is 0.128. The Hall–Kier alpha value is -1.92. The molecule has 0 aliphatic carbocycles. The fourth-order valence-corrected chi connectivity index (χ4v) is 1.83. The van der Waals surface area contributed by atoms with E-state index < -0.39 is 17.4 Å². The second kappa shape index (κ2) is 6.49. The highest BCUT2D eigenvalue weighted by Crippen LogP contribution is 2.19. The van der Waals surface area contributed by atoms with Crippen molar-refractivity contribution in [2.24, 2.45) is 10.5 Å². The van der Waals surface area contributed by atoms with E-state index in [1.54, 1.807) is 20.8 Å². The number of carboxylic acids is 1. The summed E-state index contributed by atoms with van der Waals surface area (Å²) in [6.07, 6.45) is 1.50. The molecule has 0 spiro atoms. The number of aliphatic carboxylic acids is 1. The summed E-state index contributed by atoms with van der Waals surface area (Å²) < 4.78 is 0. The smallest absolute Gasteiger partial charge is 0.326 e. The van der Waals surface area contributed by atoms with E-state index in [9.17, 15) is 14.4 Å². The Bertz CT molecular complexity index is 437. The molecule has 0 bridgehead atoms. The van der Waals surface area contributed by atoms with Crippen molar-refractivity contribution in [1.82, 2.24) is 10.7 Å². The quantitative estimate of drug-likeness (QED) is 0.688. The minimum atomic E-state index is -1.05. The minimum Gasteiger partial charge on any atom is -0.480 e. The first-order valence-electron chi connectivity index (χ1n) is 6.56. The highest BCUT2D eigenvalue weighted by atomic mass is 16.4. The molecule has 7 heteroatoms. The number of nitrogens with zero attached hydrogens (tertiary/aromatic N) is 1. The average Bonchev–Trinajstić information content (AvgIpc) is 2.33. The van der Waals surface area contributed by atoms with Gasteiger partial charge in [0.05, 0.1) is 0 Å². The summed E-state index contributed by atoms with van der Waals surface area (Å²) >= 11 is 0. The van der Waals surface area contributed by atoms with Crippen LogP contribution in [0.2, 0.25) is 0 Å². The lowest BCUT2D eigenvalue weighted by molar-refractivity contribution is -0.144. The molecule has 0 aromatic heterocycles. The lowest BCUT2D eigenvalue weighted by Crippen LogP contribution is -2.49. The molecule has 0 saturated carbocycles. The van der Waals surface area contributed by atoms with Crippen molar-refractivity contribution in [3.8, 4) is 0 Å². The summed E-state index contributed by atoms with van der Waals surface area (Å²) in [7, 11) is 0. The third kappa shape index (κ3) is 4.99. The summed E-state index contributed by atoms with van der Waals surface area (Å²) in [6.45, 7) is 5.27. The predicted octanol–water partition coefficient (Wildman–Crippen LogP) is 0.648. The average molecular weight is 283 g/mol. The molecule has 7 nitrogen and oxygen atoms in total. The molecule has 112 valence electrons. The van der Waals surface area contributed by atoms with Crippen LogP contribution in [0, 0.1) is 5.41 Å². The number of hydrogen-bond donors (Lipinski definition) is 3. The lowest BCUT2D eigenvalue weighted by Gasteiger charge is -2.27. The van der Waals surface area contributed by atoms with E-state index in [0.717, 1.165) is 5.71 Å². The van der Waals surface area contributed by atoms with Gasteiger partial charge in [-0.3, -0.25) is 9.59 Å². The van der Waals surface area contributed by atoms with Gasteiger partial charge in [0.15, 0.2) is 0 Å². The van der Waals surface area contributed by atoms with Crippen molar-refractivity contribution < 1.29 is 19.5 Å². The highest BCUT2D eigenvalue weighted by Gasteiger charge is 2.32. The van der Waals surface area contributed by atoms with E-state index in [0.29, 0.717) is 19.3 Å². The zero-order valence-electron chi connectivity index (χ0n) is 12.0. The summed E-state index contributed by atoms with van der Waals surface area (Å²) in [5, 5.41) is 15.5. The van der Waals surface area contributed by atoms with Crippen LogP contribution in [0.1, 0.15) is 46.5 Å². The van der Waals surface area contributed by atoms with Crippen LogP contribution in [0.5, 0.6) is 0 Å². The van der Waals surface area contributed by atoms with Crippen molar-refractivity contribution >= 4 is 23.5 Å². The van der Waals surface area contributed by atoms with Crippen LogP contribution in [0.15, 0.2) is 5.10 Å². The molecule has 0 saturated heterocycles. The molecule has 20 heavy (non-hydrogen) atoms. The first kappa shape index (κ1) is 16.1. The van der Waals surface area contributed by atoms with Crippen molar-refractivity contribution in [3.63, 3.8) is 0 Å². The third-order valence-corrected chi connectivity index (χ3v) is 3.04. The van der Waals surface area contributed by atoms with Crippen LogP contribution in [0.25, 0.3) is 0 Å². The number of carbonyl (C=O) groups excluding carboxylic acids is 2. The fraction of sp³-hybridized carbons (Fsp3) is 0.692. The van der Waals surface area contributed by atoms with Crippen LogP contribution >= 0.6 is 0 Å². The van der Waals surface area contributed by atoms with E-state index in [4.69, 9.17) is 5.11 Å². The molecule has 1 atom stereocenters. The predicted molar refractivity (Wildman–Crippen MR) is 73.1 cm³/mol. The van der Waals surface area contributed by atoms with E-state index >= 15 is 0 Å². The number of carbonyl (C=O) groups is 3. The highest BCUT2D eigenvalue weighted by molar-refractivity contribution is 5.94. The molecule has 3 N–H and O–H groups in total. The van der Waals surface area contributed by atoms with Crippen LogP contribution < -0.4 is 10.7 Å². The molecule has 0 unspecified atom stereocenters. The maximum absolute atomic E-state index is 11.8. The van der Waals surface area contributed by atoms with E-state index in [2.05, 4.69) is 15.8 Å². The van der Waals surface area contributed by atoms with E-state index in [1.807, 2.05) is 0 Å². The van der Waals surface area contributed by atoms with Gasteiger partial charge in [0, 0.05) is 18.6 Å². The van der Waals surface area contributed by atoms with Gasteiger partial charge in [-0.1, -0.05) is 20.8 Å². The molecule has 0 fully saturated rings. The fourth-order valence-electron chi connectivity index (χ4n) is 1.83. The Labute approximate surface area is 117 Å². The third-order valence-electron chi connectivity index (χ3n) is 3.04. The van der Waals surface area contributed by atoms with Crippen LogP contribution in [0.3, 0.4) is 0 Å². The number of amides is 2. The number of carboxylic acid groups (broad SMARTS) is 1. The summed E-state index contributed by atoms with van der Waals surface area (Å²) in [4.78, 5) is 33.8. The molecule has 0 radical (unpaired) electrons. The van der Waals surface area contributed by atoms with Crippen LogP contribution in [0.4, 0.5) is 0 Å².